The highest BCUT2D eigenvalue weighted by atomic mass is 16.1. The molecule has 1 aliphatic heterocycles. The molecule has 0 bridgehead atoms. The first-order valence-electron chi connectivity index (χ1n) is 10.7. The van der Waals surface area contributed by atoms with Crippen LogP contribution in [0.1, 0.15) is 33.7 Å². The molecule has 1 aliphatic rings. The van der Waals surface area contributed by atoms with Gasteiger partial charge in [0, 0.05) is 26.3 Å². The van der Waals surface area contributed by atoms with Gasteiger partial charge < -0.3 is 16.0 Å². The van der Waals surface area contributed by atoms with Gasteiger partial charge >= 0.3 is 0 Å². The smallest absolute Gasteiger partial charge is 0.252 e. The van der Waals surface area contributed by atoms with Gasteiger partial charge in [0.05, 0.1) is 17.0 Å². The molecule has 3 aromatic heterocycles. The van der Waals surface area contributed by atoms with Crippen LogP contribution < -0.4 is 16.0 Å². The standard InChI is InChI=1S/C24H25N7O/c1-15-19(31-13-6-10-17(21(25)32)24(31)27-15)23-28-18-11-7-12-30(2)20(18)22(29-23)26-14-16-8-4-3-5-9-16/h3-6,8-10,13H,7,11-12,14H2,1-2H3,(H2,25,32)(H,26,28,29). The van der Waals surface area contributed by atoms with Crippen LogP contribution in [0.5, 0.6) is 0 Å². The van der Waals surface area contributed by atoms with Gasteiger partial charge in [-0.3, -0.25) is 9.20 Å². The van der Waals surface area contributed by atoms with E-state index in [-0.39, 0.29) is 0 Å². The number of pyridine rings is 1. The fourth-order valence-corrected chi connectivity index (χ4v) is 4.33. The lowest BCUT2D eigenvalue weighted by atomic mass is 10.1. The van der Waals surface area contributed by atoms with Crippen molar-refractivity contribution in [3.8, 4) is 11.5 Å². The minimum atomic E-state index is -0.509. The maximum Gasteiger partial charge on any atom is 0.252 e. The number of nitrogens with one attached hydrogen (secondary N) is 1. The molecule has 3 N–H and O–H groups in total. The van der Waals surface area contributed by atoms with Gasteiger partial charge in [0.15, 0.2) is 11.6 Å². The molecule has 0 saturated heterocycles. The summed E-state index contributed by atoms with van der Waals surface area (Å²) in [7, 11) is 2.08. The van der Waals surface area contributed by atoms with E-state index in [1.807, 2.05) is 35.7 Å². The highest BCUT2D eigenvalue weighted by molar-refractivity contribution is 5.99. The predicted molar refractivity (Wildman–Crippen MR) is 125 cm³/mol. The third-order valence-corrected chi connectivity index (χ3v) is 5.85. The Labute approximate surface area is 186 Å². The summed E-state index contributed by atoms with van der Waals surface area (Å²) in [6.45, 7) is 3.53. The second-order valence-corrected chi connectivity index (χ2v) is 8.08. The maximum absolute atomic E-state index is 11.9. The molecule has 0 atom stereocenters. The number of nitrogens with two attached hydrogens (primary N) is 1. The van der Waals surface area contributed by atoms with Crippen LogP contribution >= 0.6 is 0 Å². The van der Waals surface area contributed by atoms with E-state index in [1.165, 1.54) is 5.56 Å². The van der Waals surface area contributed by atoms with Gasteiger partial charge in [-0.1, -0.05) is 30.3 Å². The number of hydrogen-bond donors (Lipinski definition) is 2. The molecule has 162 valence electrons. The molecule has 0 radical (unpaired) electrons. The Morgan fingerprint density at radius 1 is 1.12 bits per heavy atom. The largest absolute Gasteiger partial charge is 0.370 e. The number of anilines is 2. The molecular formula is C24H25N7O. The van der Waals surface area contributed by atoms with Crippen molar-refractivity contribution in [3.63, 3.8) is 0 Å². The Bertz CT molecular complexity index is 1310. The van der Waals surface area contributed by atoms with Crippen LogP contribution in [0.4, 0.5) is 11.5 Å². The number of benzene rings is 1. The SMILES string of the molecule is Cc1nc2c(C(N)=O)cccn2c1-c1nc2c(c(NCc3ccccc3)n1)N(C)CCC2. The molecule has 0 spiro atoms. The number of nitrogens with zero attached hydrogens (tertiary/aromatic N) is 5. The van der Waals surface area contributed by atoms with Crippen molar-refractivity contribution < 1.29 is 4.79 Å². The van der Waals surface area contributed by atoms with E-state index >= 15 is 0 Å². The Hall–Kier alpha value is -3.94. The molecule has 1 amide bonds. The summed E-state index contributed by atoms with van der Waals surface area (Å²) in [5.41, 5.74) is 11.2. The minimum absolute atomic E-state index is 0.377. The molecule has 8 heteroatoms. The Kier molecular flexibility index (Phi) is 4.97. The van der Waals surface area contributed by atoms with Gasteiger partial charge in [0.2, 0.25) is 0 Å². The highest BCUT2D eigenvalue weighted by Gasteiger charge is 2.25. The Morgan fingerprint density at radius 2 is 1.94 bits per heavy atom. The summed E-state index contributed by atoms with van der Waals surface area (Å²) >= 11 is 0. The number of fused-ring (bicyclic) bond motifs is 2. The number of amides is 1. The average Bonchev–Trinajstić information content (AvgIpc) is 3.13. The molecule has 0 fully saturated rings. The van der Waals surface area contributed by atoms with Gasteiger partial charge in [-0.25, -0.2) is 15.0 Å². The fraction of sp³-hybridized carbons (Fsp3) is 0.250. The van der Waals surface area contributed by atoms with E-state index in [9.17, 15) is 4.79 Å². The second kappa shape index (κ2) is 7.96. The zero-order valence-electron chi connectivity index (χ0n) is 18.2. The van der Waals surface area contributed by atoms with E-state index < -0.39 is 5.91 Å². The van der Waals surface area contributed by atoms with E-state index in [4.69, 9.17) is 15.7 Å². The number of imidazole rings is 1. The summed E-state index contributed by atoms with van der Waals surface area (Å²) < 4.78 is 1.85. The van der Waals surface area contributed by atoms with Gasteiger partial charge in [-0.2, -0.15) is 0 Å². The third kappa shape index (κ3) is 3.43. The molecular weight excluding hydrogens is 402 g/mol. The number of carbonyl (C=O) groups is 1. The average molecular weight is 428 g/mol. The molecule has 4 heterocycles. The highest BCUT2D eigenvalue weighted by Crippen LogP contribution is 2.34. The molecule has 0 aliphatic carbocycles. The Balaban J connectivity index is 1.65. The Morgan fingerprint density at radius 3 is 2.72 bits per heavy atom. The topological polar surface area (TPSA) is 101 Å². The number of aromatic nitrogens is 4. The molecule has 0 saturated carbocycles. The van der Waals surface area contributed by atoms with Crippen molar-refractivity contribution in [2.45, 2.75) is 26.3 Å². The minimum Gasteiger partial charge on any atom is -0.370 e. The summed E-state index contributed by atoms with van der Waals surface area (Å²) in [5.74, 6) is 0.878. The summed E-state index contributed by atoms with van der Waals surface area (Å²) in [6, 6.07) is 13.7. The lowest BCUT2D eigenvalue weighted by Crippen LogP contribution is -2.27. The first-order valence-corrected chi connectivity index (χ1v) is 10.7. The molecule has 1 aromatic carbocycles. The van der Waals surface area contributed by atoms with Crippen molar-refractivity contribution in [2.24, 2.45) is 5.73 Å². The molecule has 5 rings (SSSR count). The van der Waals surface area contributed by atoms with Crippen molar-refractivity contribution in [3.05, 3.63) is 71.2 Å². The second-order valence-electron chi connectivity index (χ2n) is 8.08. The lowest BCUT2D eigenvalue weighted by molar-refractivity contribution is 0.100. The number of primary amides is 1. The molecule has 4 aromatic rings. The lowest BCUT2D eigenvalue weighted by Gasteiger charge is -2.29. The number of hydrogen-bond acceptors (Lipinski definition) is 6. The zero-order chi connectivity index (χ0) is 22.2. The quantitative estimate of drug-likeness (QED) is 0.507. The summed E-state index contributed by atoms with van der Waals surface area (Å²) in [6.07, 6.45) is 3.79. The van der Waals surface area contributed by atoms with E-state index in [1.54, 1.807) is 12.1 Å². The fourth-order valence-electron chi connectivity index (χ4n) is 4.33. The molecule has 32 heavy (non-hydrogen) atoms. The van der Waals surface area contributed by atoms with Crippen LogP contribution in [0.15, 0.2) is 48.7 Å². The van der Waals surface area contributed by atoms with Crippen LogP contribution in [0.25, 0.3) is 17.2 Å². The van der Waals surface area contributed by atoms with Crippen molar-refractivity contribution >= 4 is 23.1 Å². The van der Waals surface area contributed by atoms with Crippen molar-refractivity contribution in [1.82, 2.24) is 19.4 Å². The number of rotatable bonds is 5. The van der Waals surface area contributed by atoms with Crippen molar-refractivity contribution in [1.29, 1.82) is 0 Å². The van der Waals surface area contributed by atoms with Crippen LogP contribution in [0, 0.1) is 6.92 Å². The molecule has 0 unspecified atom stereocenters. The van der Waals surface area contributed by atoms with Crippen LogP contribution in [-0.2, 0) is 13.0 Å². The van der Waals surface area contributed by atoms with Crippen LogP contribution in [-0.4, -0.2) is 38.9 Å². The monoisotopic (exact) mass is 427 g/mol. The molecule has 8 nitrogen and oxygen atoms in total. The number of carbonyl (C=O) groups excluding carboxylic acids is 1. The number of aryl methyl sites for hydroxylation is 2. The maximum atomic E-state index is 11.9. The normalized spacial score (nSPS) is 13.2. The van der Waals surface area contributed by atoms with E-state index in [0.717, 1.165) is 48.0 Å². The van der Waals surface area contributed by atoms with Gasteiger partial charge in [-0.05, 0) is 37.5 Å². The summed E-state index contributed by atoms with van der Waals surface area (Å²) in [4.78, 5) is 28.6. The van der Waals surface area contributed by atoms with Gasteiger partial charge in [0.1, 0.15) is 17.0 Å². The predicted octanol–water partition coefficient (Wildman–Crippen LogP) is 3.19. The van der Waals surface area contributed by atoms with E-state index in [2.05, 4.69) is 34.4 Å². The van der Waals surface area contributed by atoms with Crippen molar-refractivity contribution in [2.75, 3.05) is 23.8 Å². The zero-order valence-corrected chi connectivity index (χ0v) is 18.2. The van der Waals surface area contributed by atoms with Crippen LogP contribution in [0.3, 0.4) is 0 Å². The van der Waals surface area contributed by atoms with Gasteiger partial charge in [0.25, 0.3) is 5.91 Å². The van der Waals surface area contributed by atoms with E-state index in [0.29, 0.717) is 23.6 Å². The summed E-state index contributed by atoms with van der Waals surface area (Å²) in [5, 5.41) is 3.52. The van der Waals surface area contributed by atoms with Gasteiger partial charge in [-0.15, -0.1) is 0 Å². The third-order valence-electron chi connectivity index (χ3n) is 5.85. The van der Waals surface area contributed by atoms with Crippen LogP contribution in [0.2, 0.25) is 0 Å². The first kappa shape index (κ1) is 20.0. The first-order chi connectivity index (χ1) is 15.5.